The standard InChI is InChI=1S/C14H20N2O5/c1-15(2)8-3-9-21-14(18)10-13(17)11-4-6-12(7-5-11)16(19)20/h4-7,13,17H,3,8-10H2,1-2H3/t13-/m1/s1. The van der Waals surface area contributed by atoms with E-state index in [2.05, 4.69) is 0 Å². The highest BCUT2D eigenvalue weighted by molar-refractivity contribution is 5.70. The largest absolute Gasteiger partial charge is 0.466 e. The second-order valence-corrected chi connectivity index (χ2v) is 4.95. The molecule has 1 aromatic carbocycles. The van der Waals surface area contributed by atoms with Crippen LogP contribution in [0.25, 0.3) is 0 Å². The zero-order chi connectivity index (χ0) is 15.8. The lowest BCUT2D eigenvalue weighted by Crippen LogP contribution is -2.17. The maximum absolute atomic E-state index is 11.5. The van der Waals surface area contributed by atoms with Crippen molar-refractivity contribution in [2.24, 2.45) is 0 Å². The number of carbonyl (C=O) groups excluding carboxylic acids is 1. The Morgan fingerprint density at radius 1 is 1.38 bits per heavy atom. The number of non-ortho nitro benzene ring substituents is 1. The highest BCUT2D eigenvalue weighted by atomic mass is 16.6. The molecule has 7 heteroatoms. The lowest BCUT2D eigenvalue weighted by atomic mass is 10.1. The fourth-order valence-electron chi connectivity index (χ4n) is 1.72. The van der Waals surface area contributed by atoms with Gasteiger partial charge in [0.15, 0.2) is 0 Å². The van der Waals surface area contributed by atoms with Crippen molar-refractivity contribution in [3.63, 3.8) is 0 Å². The van der Waals surface area contributed by atoms with Gasteiger partial charge in [0.25, 0.3) is 5.69 Å². The van der Waals surface area contributed by atoms with Crippen molar-refractivity contribution in [1.82, 2.24) is 4.90 Å². The topological polar surface area (TPSA) is 92.9 Å². The molecule has 21 heavy (non-hydrogen) atoms. The first-order valence-electron chi connectivity index (χ1n) is 6.63. The molecule has 0 aliphatic carbocycles. The van der Waals surface area contributed by atoms with Crippen molar-refractivity contribution in [2.45, 2.75) is 18.9 Å². The van der Waals surface area contributed by atoms with Crippen LogP contribution in [-0.4, -0.2) is 48.1 Å². The third-order valence-electron chi connectivity index (χ3n) is 2.86. The maximum Gasteiger partial charge on any atom is 0.308 e. The summed E-state index contributed by atoms with van der Waals surface area (Å²) >= 11 is 0. The molecule has 0 bridgehead atoms. The van der Waals surface area contributed by atoms with Gasteiger partial charge >= 0.3 is 5.97 Å². The van der Waals surface area contributed by atoms with Crippen molar-refractivity contribution >= 4 is 11.7 Å². The van der Waals surface area contributed by atoms with Gasteiger partial charge in [0.1, 0.15) is 0 Å². The van der Waals surface area contributed by atoms with Crippen molar-refractivity contribution in [2.75, 3.05) is 27.2 Å². The maximum atomic E-state index is 11.5. The molecule has 0 heterocycles. The lowest BCUT2D eigenvalue weighted by Gasteiger charge is -2.12. The number of benzene rings is 1. The molecule has 0 fully saturated rings. The lowest BCUT2D eigenvalue weighted by molar-refractivity contribution is -0.384. The zero-order valence-electron chi connectivity index (χ0n) is 12.2. The van der Waals surface area contributed by atoms with Crippen LogP contribution in [0.4, 0.5) is 5.69 Å². The Kier molecular flexibility index (Phi) is 6.77. The van der Waals surface area contributed by atoms with Gasteiger partial charge in [0.05, 0.1) is 24.1 Å². The molecule has 0 unspecified atom stereocenters. The molecule has 0 aliphatic heterocycles. The highest BCUT2D eigenvalue weighted by Crippen LogP contribution is 2.20. The summed E-state index contributed by atoms with van der Waals surface area (Å²) in [5, 5.41) is 20.4. The third kappa shape index (κ3) is 6.33. The quantitative estimate of drug-likeness (QED) is 0.338. The molecular formula is C14H20N2O5. The summed E-state index contributed by atoms with van der Waals surface area (Å²) in [7, 11) is 3.86. The SMILES string of the molecule is CN(C)CCCOC(=O)C[C@@H](O)c1ccc([N+](=O)[O-])cc1. The molecule has 1 atom stereocenters. The molecule has 1 rings (SSSR count). The van der Waals surface area contributed by atoms with Gasteiger partial charge in [-0.1, -0.05) is 0 Å². The average Bonchev–Trinajstić information content (AvgIpc) is 2.43. The minimum atomic E-state index is -1.02. The second-order valence-electron chi connectivity index (χ2n) is 4.95. The zero-order valence-corrected chi connectivity index (χ0v) is 12.2. The van der Waals surface area contributed by atoms with Gasteiger partial charge < -0.3 is 14.7 Å². The second kappa shape index (κ2) is 8.33. The number of nitro benzene ring substituents is 1. The van der Waals surface area contributed by atoms with E-state index in [1.54, 1.807) is 0 Å². The molecule has 7 nitrogen and oxygen atoms in total. The Morgan fingerprint density at radius 2 is 2.00 bits per heavy atom. The van der Waals surface area contributed by atoms with E-state index >= 15 is 0 Å². The number of aliphatic hydroxyl groups is 1. The van der Waals surface area contributed by atoms with Gasteiger partial charge in [-0.3, -0.25) is 14.9 Å². The van der Waals surface area contributed by atoms with Crippen molar-refractivity contribution < 1.29 is 19.6 Å². The number of rotatable bonds is 8. The Labute approximate surface area is 123 Å². The summed E-state index contributed by atoms with van der Waals surface area (Å²) in [4.78, 5) is 23.5. The van der Waals surface area contributed by atoms with Crippen LogP contribution in [0.2, 0.25) is 0 Å². The summed E-state index contributed by atoms with van der Waals surface area (Å²) in [5.41, 5.74) is 0.392. The Hall–Kier alpha value is -1.99. The van der Waals surface area contributed by atoms with E-state index in [9.17, 15) is 20.0 Å². The predicted molar refractivity (Wildman–Crippen MR) is 76.8 cm³/mol. The Morgan fingerprint density at radius 3 is 2.52 bits per heavy atom. The van der Waals surface area contributed by atoms with Gasteiger partial charge in [-0.05, 0) is 38.2 Å². The van der Waals surface area contributed by atoms with Gasteiger partial charge in [0.2, 0.25) is 0 Å². The number of hydrogen-bond donors (Lipinski definition) is 1. The molecule has 0 aliphatic rings. The normalized spacial score (nSPS) is 12.2. The van der Waals surface area contributed by atoms with E-state index in [0.717, 1.165) is 13.0 Å². The number of hydrogen-bond acceptors (Lipinski definition) is 6. The third-order valence-corrected chi connectivity index (χ3v) is 2.86. The van der Waals surface area contributed by atoms with Crippen LogP contribution in [0.3, 0.4) is 0 Å². The number of nitro groups is 1. The fourth-order valence-corrected chi connectivity index (χ4v) is 1.72. The number of nitrogens with zero attached hydrogens (tertiary/aromatic N) is 2. The molecular weight excluding hydrogens is 276 g/mol. The monoisotopic (exact) mass is 296 g/mol. The smallest absolute Gasteiger partial charge is 0.308 e. The Bertz CT molecular complexity index is 473. The van der Waals surface area contributed by atoms with Gasteiger partial charge in [0, 0.05) is 18.7 Å². The van der Waals surface area contributed by atoms with Crippen molar-refractivity contribution in [1.29, 1.82) is 0 Å². The summed E-state index contributed by atoms with van der Waals surface area (Å²) in [6.45, 7) is 1.13. The first-order chi connectivity index (χ1) is 9.90. The number of aliphatic hydroxyl groups excluding tert-OH is 1. The van der Waals surface area contributed by atoms with Gasteiger partial charge in [-0.15, -0.1) is 0 Å². The molecule has 0 saturated carbocycles. The summed E-state index contributed by atoms with van der Waals surface area (Å²) in [6, 6.07) is 5.45. The summed E-state index contributed by atoms with van der Waals surface area (Å²) < 4.78 is 5.01. The van der Waals surface area contributed by atoms with Crippen LogP contribution in [0.15, 0.2) is 24.3 Å². The van der Waals surface area contributed by atoms with Gasteiger partial charge in [-0.25, -0.2) is 0 Å². The fraction of sp³-hybridized carbons (Fsp3) is 0.500. The van der Waals surface area contributed by atoms with Crippen molar-refractivity contribution in [3.8, 4) is 0 Å². The van der Waals surface area contributed by atoms with E-state index < -0.39 is 17.0 Å². The van der Waals surface area contributed by atoms with E-state index in [1.807, 2.05) is 19.0 Å². The molecule has 116 valence electrons. The average molecular weight is 296 g/mol. The molecule has 0 radical (unpaired) electrons. The predicted octanol–water partition coefficient (Wildman–Crippen LogP) is 1.51. The van der Waals surface area contributed by atoms with E-state index in [1.165, 1.54) is 24.3 Å². The minimum Gasteiger partial charge on any atom is -0.466 e. The number of ether oxygens (including phenoxy) is 1. The highest BCUT2D eigenvalue weighted by Gasteiger charge is 2.15. The van der Waals surface area contributed by atoms with Crippen LogP contribution >= 0.6 is 0 Å². The van der Waals surface area contributed by atoms with Crippen LogP contribution in [0.5, 0.6) is 0 Å². The molecule has 0 aromatic heterocycles. The van der Waals surface area contributed by atoms with Crippen LogP contribution in [-0.2, 0) is 9.53 Å². The first-order valence-corrected chi connectivity index (χ1v) is 6.63. The van der Waals surface area contributed by atoms with Crippen LogP contribution < -0.4 is 0 Å². The van der Waals surface area contributed by atoms with Crippen molar-refractivity contribution in [3.05, 3.63) is 39.9 Å². The first kappa shape index (κ1) is 17.1. The molecule has 0 saturated heterocycles. The molecule has 1 aromatic rings. The summed E-state index contributed by atoms with van der Waals surface area (Å²) in [5.74, 6) is -0.486. The Balaban J connectivity index is 2.39. The molecule has 1 N–H and O–H groups in total. The number of esters is 1. The van der Waals surface area contributed by atoms with Crippen LogP contribution in [0.1, 0.15) is 24.5 Å². The van der Waals surface area contributed by atoms with Crippen LogP contribution in [0, 0.1) is 10.1 Å². The molecule has 0 spiro atoms. The van der Waals surface area contributed by atoms with E-state index in [0.29, 0.717) is 12.2 Å². The van der Waals surface area contributed by atoms with E-state index in [-0.39, 0.29) is 12.1 Å². The van der Waals surface area contributed by atoms with Gasteiger partial charge in [-0.2, -0.15) is 0 Å². The number of carbonyl (C=O) groups is 1. The van der Waals surface area contributed by atoms with E-state index in [4.69, 9.17) is 4.74 Å². The minimum absolute atomic E-state index is 0.0581. The molecule has 0 amide bonds. The summed E-state index contributed by atoms with van der Waals surface area (Å²) in [6.07, 6.45) is -0.460.